The van der Waals surface area contributed by atoms with Crippen molar-refractivity contribution in [1.82, 2.24) is 9.55 Å². The Morgan fingerprint density at radius 2 is 2.05 bits per heavy atom. The van der Waals surface area contributed by atoms with E-state index in [9.17, 15) is 4.79 Å². The van der Waals surface area contributed by atoms with E-state index in [1.807, 2.05) is 0 Å². The number of aromatic nitrogens is 2. The molecule has 0 atom stereocenters. The maximum absolute atomic E-state index is 12.1. The Hall–Kier alpha value is -2.81. The molecule has 0 saturated carbocycles. The number of benzene rings is 1. The molecule has 6 nitrogen and oxygen atoms in total. The fourth-order valence-electron chi connectivity index (χ4n) is 2.04. The van der Waals surface area contributed by atoms with Crippen LogP contribution in [-0.2, 0) is 6.54 Å². The van der Waals surface area contributed by atoms with Crippen molar-refractivity contribution in [2.45, 2.75) is 13.5 Å². The first kappa shape index (κ1) is 14.6. The molecule has 1 aromatic carbocycles. The Morgan fingerprint density at radius 1 is 1.29 bits per heavy atom. The maximum atomic E-state index is 12.1. The summed E-state index contributed by atoms with van der Waals surface area (Å²) in [4.78, 5) is 16.3. The number of nitriles is 1. The second-order valence-electron chi connectivity index (χ2n) is 4.45. The molecule has 0 N–H and O–H groups in total. The SMILES string of the molecule is COc1ccc(C#N)cc1Cn1c(OC)nc(C)cc1=O. The molecule has 0 spiro atoms. The molecule has 0 aliphatic heterocycles. The number of hydrogen-bond donors (Lipinski definition) is 0. The molecule has 1 heterocycles. The third-order valence-electron chi connectivity index (χ3n) is 3.02. The molecule has 0 saturated heterocycles. The van der Waals surface area contributed by atoms with E-state index in [2.05, 4.69) is 11.1 Å². The van der Waals surface area contributed by atoms with Gasteiger partial charge in [0, 0.05) is 17.3 Å². The van der Waals surface area contributed by atoms with Crippen LogP contribution < -0.4 is 15.0 Å². The van der Waals surface area contributed by atoms with Gasteiger partial charge in [-0.1, -0.05) is 0 Å². The number of ether oxygens (including phenoxy) is 2. The zero-order valence-electron chi connectivity index (χ0n) is 12.1. The fraction of sp³-hybridized carbons (Fsp3) is 0.267. The van der Waals surface area contributed by atoms with Crippen LogP contribution in [-0.4, -0.2) is 23.8 Å². The average molecular weight is 285 g/mol. The summed E-state index contributed by atoms with van der Waals surface area (Å²) in [6.45, 7) is 1.94. The third-order valence-corrected chi connectivity index (χ3v) is 3.02. The zero-order chi connectivity index (χ0) is 15.4. The van der Waals surface area contributed by atoms with Gasteiger partial charge in [0.05, 0.1) is 32.4 Å². The van der Waals surface area contributed by atoms with Crippen LogP contribution in [0.3, 0.4) is 0 Å². The lowest BCUT2D eigenvalue weighted by Gasteiger charge is -2.13. The van der Waals surface area contributed by atoms with Crippen molar-refractivity contribution < 1.29 is 9.47 Å². The van der Waals surface area contributed by atoms with Crippen LogP contribution in [0.5, 0.6) is 11.8 Å². The van der Waals surface area contributed by atoms with Crippen LogP contribution in [0.1, 0.15) is 16.8 Å². The molecule has 0 unspecified atom stereocenters. The topological polar surface area (TPSA) is 77.1 Å². The highest BCUT2D eigenvalue weighted by Gasteiger charge is 2.11. The number of aryl methyl sites for hydroxylation is 1. The van der Waals surface area contributed by atoms with E-state index >= 15 is 0 Å². The van der Waals surface area contributed by atoms with Crippen molar-refractivity contribution in [2.75, 3.05) is 14.2 Å². The zero-order valence-corrected chi connectivity index (χ0v) is 12.1. The molecule has 0 radical (unpaired) electrons. The van der Waals surface area contributed by atoms with Crippen molar-refractivity contribution in [3.05, 3.63) is 51.4 Å². The molecular weight excluding hydrogens is 270 g/mol. The minimum absolute atomic E-state index is 0.216. The van der Waals surface area contributed by atoms with Crippen LogP contribution >= 0.6 is 0 Å². The second kappa shape index (κ2) is 6.09. The van der Waals surface area contributed by atoms with Gasteiger partial charge >= 0.3 is 0 Å². The van der Waals surface area contributed by atoms with Crippen molar-refractivity contribution >= 4 is 0 Å². The summed E-state index contributed by atoms with van der Waals surface area (Å²) in [5.41, 5.74) is 1.58. The van der Waals surface area contributed by atoms with E-state index in [1.54, 1.807) is 25.1 Å². The molecule has 0 amide bonds. The van der Waals surface area contributed by atoms with Crippen molar-refractivity contribution in [1.29, 1.82) is 5.26 Å². The lowest BCUT2D eigenvalue weighted by Crippen LogP contribution is -2.23. The lowest BCUT2D eigenvalue weighted by molar-refractivity contribution is 0.347. The standard InChI is InChI=1S/C15H15N3O3/c1-10-6-14(19)18(15(17-10)21-3)9-12-7-11(8-16)4-5-13(12)20-2/h4-7H,9H2,1-3H3. The van der Waals surface area contributed by atoms with Crippen LogP contribution in [0.25, 0.3) is 0 Å². The van der Waals surface area contributed by atoms with Gasteiger partial charge in [0.25, 0.3) is 11.6 Å². The van der Waals surface area contributed by atoms with E-state index in [0.29, 0.717) is 22.6 Å². The predicted molar refractivity (Wildman–Crippen MR) is 76.6 cm³/mol. The molecular formula is C15H15N3O3. The molecule has 2 aromatic rings. The van der Waals surface area contributed by atoms with E-state index in [1.165, 1.54) is 24.9 Å². The Bertz CT molecular complexity index is 760. The van der Waals surface area contributed by atoms with E-state index in [-0.39, 0.29) is 18.1 Å². The summed E-state index contributed by atoms with van der Waals surface area (Å²) in [5, 5.41) is 8.99. The van der Waals surface area contributed by atoms with E-state index in [0.717, 1.165) is 0 Å². The molecule has 0 bridgehead atoms. The van der Waals surface area contributed by atoms with Gasteiger partial charge in [-0.3, -0.25) is 9.36 Å². The van der Waals surface area contributed by atoms with Crippen molar-refractivity contribution in [3.8, 4) is 17.8 Å². The molecule has 0 aliphatic rings. The highest BCUT2D eigenvalue weighted by molar-refractivity contribution is 5.42. The summed E-state index contributed by atoms with van der Waals surface area (Å²) in [7, 11) is 3.00. The Kier molecular flexibility index (Phi) is 4.24. The molecule has 108 valence electrons. The minimum Gasteiger partial charge on any atom is -0.496 e. The summed E-state index contributed by atoms with van der Waals surface area (Å²) in [6, 6.07) is 8.78. The van der Waals surface area contributed by atoms with Gasteiger partial charge < -0.3 is 9.47 Å². The first-order valence-corrected chi connectivity index (χ1v) is 6.28. The summed E-state index contributed by atoms with van der Waals surface area (Å²) in [5.74, 6) is 0.600. The highest BCUT2D eigenvalue weighted by Crippen LogP contribution is 2.21. The van der Waals surface area contributed by atoms with Crippen molar-refractivity contribution in [2.24, 2.45) is 0 Å². The summed E-state index contributed by atoms with van der Waals surface area (Å²) >= 11 is 0. The quantitative estimate of drug-likeness (QED) is 0.850. The molecule has 21 heavy (non-hydrogen) atoms. The van der Waals surface area contributed by atoms with E-state index in [4.69, 9.17) is 14.7 Å². The Morgan fingerprint density at radius 3 is 2.67 bits per heavy atom. The smallest absolute Gasteiger partial charge is 0.299 e. The largest absolute Gasteiger partial charge is 0.496 e. The number of nitrogens with zero attached hydrogens (tertiary/aromatic N) is 3. The van der Waals surface area contributed by atoms with Crippen LogP contribution in [0.15, 0.2) is 29.1 Å². The molecule has 1 aromatic heterocycles. The molecule has 6 heteroatoms. The second-order valence-corrected chi connectivity index (χ2v) is 4.45. The van der Waals surface area contributed by atoms with Crippen LogP contribution in [0, 0.1) is 18.3 Å². The van der Waals surface area contributed by atoms with Gasteiger partial charge in [0.1, 0.15) is 5.75 Å². The monoisotopic (exact) mass is 285 g/mol. The highest BCUT2D eigenvalue weighted by atomic mass is 16.5. The van der Waals surface area contributed by atoms with E-state index < -0.39 is 0 Å². The van der Waals surface area contributed by atoms with Gasteiger partial charge in [0.2, 0.25) is 0 Å². The first-order chi connectivity index (χ1) is 10.1. The van der Waals surface area contributed by atoms with Gasteiger partial charge in [-0.15, -0.1) is 0 Å². The van der Waals surface area contributed by atoms with Gasteiger partial charge in [-0.2, -0.15) is 5.26 Å². The normalized spacial score (nSPS) is 10.0. The minimum atomic E-state index is -0.219. The molecule has 2 rings (SSSR count). The van der Waals surface area contributed by atoms with Gasteiger partial charge in [0.15, 0.2) is 0 Å². The predicted octanol–water partition coefficient (Wildman–Crippen LogP) is 1.49. The van der Waals surface area contributed by atoms with Crippen LogP contribution in [0.2, 0.25) is 0 Å². The van der Waals surface area contributed by atoms with Gasteiger partial charge in [-0.05, 0) is 25.1 Å². The first-order valence-electron chi connectivity index (χ1n) is 6.28. The molecule has 0 fully saturated rings. The molecule has 0 aliphatic carbocycles. The lowest BCUT2D eigenvalue weighted by atomic mass is 10.1. The average Bonchev–Trinajstić information content (AvgIpc) is 2.49. The Labute approximate surface area is 122 Å². The van der Waals surface area contributed by atoms with Crippen LogP contribution in [0.4, 0.5) is 0 Å². The van der Waals surface area contributed by atoms with Gasteiger partial charge in [-0.25, -0.2) is 4.98 Å². The fourth-order valence-corrected chi connectivity index (χ4v) is 2.04. The van der Waals surface area contributed by atoms with Crippen molar-refractivity contribution in [3.63, 3.8) is 0 Å². The number of rotatable bonds is 4. The number of hydrogen-bond acceptors (Lipinski definition) is 5. The third kappa shape index (κ3) is 3.03. The Balaban J connectivity index is 2.52. The maximum Gasteiger partial charge on any atom is 0.299 e. The summed E-state index contributed by atoms with van der Waals surface area (Å²) < 4.78 is 11.8. The number of methoxy groups -OCH3 is 2. The summed E-state index contributed by atoms with van der Waals surface area (Å²) in [6.07, 6.45) is 0.